The van der Waals surface area contributed by atoms with Crippen LogP contribution in [0.15, 0.2) is 60.7 Å². The van der Waals surface area contributed by atoms with Crippen LogP contribution in [0.4, 0.5) is 11.5 Å². The lowest BCUT2D eigenvalue weighted by atomic mass is 10.0. The first-order chi connectivity index (χ1) is 16.0. The largest absolute Gasteiger partial charge is 0.497 e. The molecule has 1 aromatic heterocycles. The molecular weight excluding hydrogens is 444 g/mol. The lowest BCUT2D eigenvalue weighted by molar-refractivity contribution is -0.113. The fraction of sp³-hybridized carbons (Fsp3) is 0.125. The number of nitrogens with zero attached hydrogens (tertiary/aromatic N) is 1. The van der Waals surface area contributed by atoms with Gasteiger partial charge in [-0.1, -0.05) is 18.2 Å². The minimum Gasteiger partial charge on any atom is -0.497 e. The second-order valence-corrected chi connectivity index (χ2v) is 7.38. The molecule has 0 fully saturated rings. The number of halogens is 1. The Balaban J connectivity index is 1.62. The van der Waals surface area contributed by atoms with Gasteiger partial charge in [-0.2, -0.15) is 5.10 Å². The van der Waals surface area contributed by atoms with E-state index in [-0.39, 0.29) is 5.88 Å². The zero-order valence-electron chi connectivity index (χ0n) is 17.9. The second kappa shape index (κ2) is 9.62. The van der Waals surface area contributed by atoms with E-state index in [0.29, 0.717) is 28.6 Å². The first-order valence-corrected chi connectivity index (χ1v) is 10.5. The maximum absolute atomic E-state index is 12.9. The fourth-order valence-corrected chi connectivity index (χ4v) is 3.48. The summed E-state index contributed by atoms with van der Waals surface area (Å²) in [4.78, 5) is 24.6. The predicted molar refractivity (Wildman–Crippen MR) is 128 cm³/mol. The predicted octanol–water partition coefficient (Wildman–Crippen LogP) is 4.68. The Morgan fingerprint density at radius 3 is 2.36 bits per heavy atom. The zero-order chi connectivity index (χ0) is 23.4. The number of alkyl halides is 1. The number of fused-ring (bicyclic) bond motifs is 1. The molecule has 0 aliphatic carbocycles. The van der Waals surface area contributed by atoms with E-state index in [0.717, 1.165) is 22.0 Å². The molecule has 2 amide bonds. The van der Waals surface area contributed by atoms with Crippen LogP contribution in [0.25, 0.3) is 22.0 Å². The summed E-state index contributed by atoms with van der Waals surface area (Å²) in [5, 5.41) is 13.4. The minimum absolute atomic E-state index is 0.207. The second-order valence-electron chi connectivity index (χ2n) is 7.12. The van der Waals surface area contributed by atoms with Crippen molar-refractivity contribution < 1.29 is 19.1 Å². The lowest BCUT2D eigenvalue weighted by Crippen LogP contribution is -2.19. The van der Waals surface area contributed by atoms with Crippen molar-refractivity contribution in [1.82, 2.24) is 10.2 Å². The molecule has 0 saturated heterocycles. The van der Waals surface area contributed by atoms with Crippen LogP contribution in [-0.2, 0) is 4.79 Å². The van der Waals surface area contributed by atoms with Gasteiger partial charge in [0.25, 0.3) is 5.91 Å². The third-order valence-corrected chi connectivity index (χ3v) is 5.29. The summed E-state index contributed by atoms with van der Waals surface area (Å²) in [5.74, 6) is 0.730. The number of aromatic nitrogens is 2. The average Bonchev–Trinajstić information content (AvgIpc) is 3.25. The summed E-state index contributed by atoms with van der Waals surface area (Å²) < 4.78 is 10.7. The zero-order valence-corrected chi connectivity index (χ0v) is 18.7. The standard InChI is InChI=1S/C24H21ClN4O4/c1-32-16-9-15(10-17(12-16)33-2)14-7-8-18-21(11-14)28-29-23(18)27-24(31)19-5-3-4-6-20(19)26-22(30)13-25/h3-12H,13H2,1-2H3,(H,26,30)(H2,27,28,29,31). The van der Waals surface area contributed by atoms with Crippen LogP contribution in [-0.4, -0.2) is 42.1 Å². The van der Waals surface area contributed by atoms with Gasteiger partial charge in [0.05, 0.1) is 31.0 Å². The summed E-state index contributed by atoms with van der Waals surface area (Å²) in [6.07, 6.45) is 0. The average molecular weight is 465 g/mol. The van der Waals surface area contributed by atoms with Crippen molar-refractivity contribution in [2.75, 3.05) is 30.7 Å². The van der Waals surface area contributed by atoms with Crippen molar-refractivity contribution in [2.45, 2.75) is 0 Å². The summed E-state index contributed by atoms with van der Waals surface area (Å²) in [6.45, 7) is 0. The molecule has 0 radical (unpaired) electrons. The van der Waals surface area contributed by atoms with Gasteiger partial charge in [-0.3, -0.25) is 14.7 Å². The quantitative estimate of drug-likeness (QED) is 0.344. The SMILES string of the molecule is COc1cc(OC)cc(-c2ccc3c(NC(=O)c4ccccc4NC(=O)CCl)n[nH]c3c2)c1. The molecule has 0 bridgehead atoms. The monoisotopic (exact) mass is 464 g/mol. The highest BCUT2D eigenvalue weighted by molar-refractivity contribution is 6.29. The maximum Gasteiger partial charge on any atom is 0.258 e. The number of para-hydroxylation sites is 1. The van der Waals surface area contributed by atoms with Crippen LogP contribution in [0.3, 0.4) is 0 Å². The number of rotatable bonds is 7. The fourth-order valence-electron chi connectivity index (χ4n) is 3.42. The first-order valence-electron chi connectivity index (χ1n) is 10.00. The number of nitrogens with one attached hydrogen (secondary N) is 3. The molecule has 0 aliphatic rings. The van der Waals surface area contributed by atoms with Gasteiger partial charge in [-0.25, -0.2) is 0 Å². The molecule has 168 valence electrons. The Labute approximate surface area is 194 Å². The van der Waals surface area contributed by atoms with Crippen LogP contribution in [0.1, 0.15) is 10.4 Å². The normalized spacial score (nSPS) is 10.6. The highest BCUT2D eigenvalue weighted by atomic mass is 35.5. The van der Waals surface area contributed by atoms with Crippen LogP contribution in [0, 0.1) is 0 Å². The highest BCUT2D eigenvalue weighted by Gasteiger charge is 2.16. The number of ether oxygens (including phenoxy) is 2. The highest BCUT2D eigenvalue weighted by Crippen LogP contribution is 2.32. The van der Waals surface area contributed by atoms with Crippen LogP contribution in [0.5, 0.6) is 11.5 Å². The molecule has 0 saturated carbocycles. The molecule has 0 spiro atoms. The van der Waals surface area contributed by atoms with Gasteiger partial charge in [-0.15, -0.1) is 11.6 Å². The molecule has 3 aromatic carbocycles. The van der Waals surface area contributed by atoms with Crippen molar-refractivity contribution in [2.24, 2.45) is 0 Å². The molecular formula is C24H21ClN4O4. The molecule has 3 N–H and O–H groups in total. The Morgan fingerprint density at radius 1 is 0.939 bits per heavy atom. The van der Waals surface area contributed by atoms with Crippen molar-refractivity contribution >= 4 is 45.8 Å². The van der Waals surface area contributed by atoms with Crippen LogP contribution >= 0.6 is 11.6 Å². The summed E-state index contributed by atoms with van der Waals surface area (Å²) in [7, 11) is 3.20. The van der Waals surface area contributed by atoms with E-state index in [9.17, 15) is 9.59 Å². The molecule has 9 heteroatoms. The van der Waals surface area contributed by atoms with Gasteiger partial charge in [0.1, 0.15) is 17.4 Å². The van der Waals surface area contributed by atoms with E-state index in [1.807, 2.05) is 30.3 Å². The molecule has 0 unspecified atom stereocenters. The van der Waals surface area contributed by atoms with E-state index in [2.05, 4.69) is 20.8 Å². The van der Waals surface area contributed by atoms with E-state index >= 15 is 0 Å². The lowest BCUT2D eigenvalue weighted by Gasteiger charge is -2.10. The van der Waals surface area contributed by atoms with Crippen molar-refractivity contribution in [3.63, 3.8) is 0 Å². The van der Waals surface area contributed by atoms with Crippen LogP contribution in [0.2, 0.25) is 0 Å². The molecule has 0 aliphatic heterocycles. The molecule has 4 rings (SSSR count). The number of carbonyl (C=O) groups excluding carboxylic acids is 2. The van der Waals surface area contributed by atoms with E-state index in [1.165, 1.54) is 0 Å². The Hall–Kier alpha value is -4.04. The number of methoxy groups -OCH3 is 2. The van der Waals surface area contributed by atoms with Crippen molar-refractivity contribution in [3.05, 3.63) is 66.2 Å². The van der Waals surface area contributed by atoms with Crippen LogP contribution < -0.4 is 20.1 Å². The number of amides is 2. The maximum atomic E-state index is 12.9. The summed E-state index contributed by atoms with van der Waals surface area (Å²) >= 11 is 5.56. The van der Waals surface area contributed by atoms with E-state index in [4.69, 9.17) is 21.1 Å². The molecule has 8 nitrogen and oxygen atoms in total. The van der Waals surface area contributed by atoms with Crippen molar-refractivity contribution in [3.8, 4) is 22.6 Å². The van der Waals surface area contributed by atoms with Gasteiger partial charge in [-0.05, 0) is 47.5 Å². The van der Waals surface area contributed by atoms with Gasteiger partial charge in [0.2, 0.25) is 5.91 Å². The number of hydrogen-bond donors (Lipinski definition) is 3. The van der Waals surface area contributed by atoms with Gasteiger partial charge in [0.15, 0.2) is 5.82 Å². The third-order valence-electron chi connectivity index (χ3n) is 5.05. The van der Waals surface area contributed by atoms with E-state index < -0.39 is 11.8 Å². The number of H-pyrrole nitrogens is 1. The summed E-state index contributed by atoms with van der Waals surface area (Å²) in [6, 6.07) is 18.0. The summed E-state index contributed by atoms with van der Waals surface area (Å²) in [5.41, 5.74) is 3.25. The smallest absolute Gasteiger partial charge is 0.258 e. The molecule has 0 atom stereocenters. The number of benzene rings is 3. The first kappa shape index (κ1) is 22.2. The number of aromatic amines is 1. The Morgan fingerprint density at radius 2 is 1.67 bits per heavy atom. The van der Waals surface area contributed by atoms with E-state index in [1.54, 1.807) is 44.6 Å². The third kappa shape index (κ3) is 4.75. The number of carbonyl (C=O) groups is 2. The topological polar surface area (TPSA) is 105 Å². The minimum atomic E-state index is -0.407. The van der Waals surface area contributed by atoms with Gasteiger partial charge < -0.3 is 20.1 Å². The molecule has 33 heavy (non-hydrogen) atoms. The molecule has 1 heterocycles. The Kier molecular flexibility index (Phi) is 6.46. The van der Waals surface area contributed by atoms with Gasteiger partial charge >= 0.3 is 0 Å². The van der Waals surface area contributed by atoms with Gasteiger partial charge in [0, 0.05) is 11.5 Å². The molecule has 4 aromatic rings. The number of anilines is 2. The van der Waals surface area contributed by atoms with Crippen molar-refractivity contribution in [1.29, 1.82) is 0 Å². The Bertz CT molecular complexity index is 1310. The number of hydrogen-bond acceptors (Lipinski definition) is 5.